The zero-order valence-corrected chi connectivity index (χ0v) is 22.9. The minimum absolute atomic E-state index is 0.0786. The standard InChI is InChI=1S/C23H39N3O4Si2/c1-18-23(19(2)25(24-18)17-30-12-14-32(6,7)8)22-10-9-21(26(27)28)15-20(22)16-29-11-13-31(3,4)5/h9-10,15H,11-14,16-17H2,1-8H3. The van der Waals surface area contributed by atoms with Crippen LogP contribution in [0.1, 0.15) is 17.0 Å². The van der Waals surface area contributed by atoms with Crippen LogP contribution in [0.25, 0.3) is 11.1 Å². The zero-order valence-electron chi connectivity index (χ0n) is 20.9. The number of aromatic nitrogens is 2. The lowest BCUT2D eigenvalue weighted by atomic mass is 9.98. The van der Waals surface area contributed by atoms with Crippen molar-refractivity contribution in [3.8, 4) is 11.1 Å². The number of nitrogens with zero attached hydrogens (tertiary/aromatic N) is 3. The molecule has 0 aliphatic carbocycles. The molecule has 2 aromatic rings. The second kappa shape index (κ2) is 10.9. The predicted molar refractivity (Wildman–Crippen MR) is 136 cm³/mol. The molecular weight excluding hydrogens is 438 g/mol. The van der Waals surface area contributed by atoms with E-state index in [0.717, 1.165) is 46.8 Å². The predicted octanol–water partition coefficient (Wildman–Crippen LogP) is 6.24. The molecule has 0 radical (unpaired) electrons. The Morgan fingerprint density at radius 3 is 2.16 bits per heavy atom. The molecule has 32 heavy (non-hydrogen) atoms. The largest absolute Gasteiger partial charge is 0.377 e. The summed E-state index contributed by atoms with van der Waals surface area (Å²) in [4.78, 5) is 11.0. The third-order valence-corrected chi connectivity index (χ3v) is 8.82. The maximum atomic E-state index is 11.4. The average molecular weight is 478 g/mol. The molecule has 0 N–H and O–H groups in total. The van der Waals surface area contributed by atoms with Crippen molar-refractivity contribution in [1.29, 1.82) is 0 Å². The molecular formula is C23H39N3O4Si2. The van der Waals surface area contributed by atoms with E-state index >= 15 is 0 Å². The molecule has 0 aliphatic heterocycles. The van der Waals surface area contributed by atoms with Gasteiger partial charge in [-0.25, -0.2) is 4.68 Å². The summed E-state index contributed by atoms with van der Waals surface area (Å²) in [5, 5.41) is 16.0. The van der Waals surface area contributed by atoms with E-state index in [2.05, 4.69) is 44.4 Å². The number of rotatable bonds is 12. The van der Waals surface area contributed by atoms with Crippen molar-refractivity contribution in [3.63, 3.8) is 0 Å². The van der Waals surface area contributed by atoms with Gasteiger partial charge in [0.25, 0.3) is 5.69 Å². The number of aryl methyl sites for hydroxylation is 1. The number of benzene rings is 1. The van der Waals surface area contributed by atoms with E-state index in [9.17, 15) is 10.1 Å². The SMILES string of the molecule is Cc1nn(COCC[Si](C)(C)C)c(C)c1-c1ccc([N+](=O)[O-])cc1COCC[Si](C)(C)C. The first-order valence-electron chi connectivity index (χ1n) is 11.3. The van der Waals surface area contributed by atoms with Crippen LogP contribution in [0.4, 0.5) is 5.69 Å². The van der Waals surface area contributed by atoms with Gasteiger partial charge in [0.1, 0.15) is 6.73 Å². The fourth-order valence-corrected chi connectivity index (χ4v) is 4.87. The van der Waals surface area contributed by atoms with Gasteiger partial charge in [-0.3, -0.25) is 10.1 Å². The third-order valence-electron chi connectivity index (χ3n) is 5.41. The van der Waals surface area contributed by atoms with Gasteiger partial charge in [0.05, 0.1) is 17.2 Å². The molecule has 178 valence electrons. The Hall–Kier alpha value is -1.82. The summed E-state index contributed by atoms with van der Waals surface area (Å²) in [6.45, 7) is 20.1. The molecule has 7 nitrogen and oxygen atoms in total. The second-order valence-electron chi connectivity index (χ2n) is 10.9. The first-order chi connectivity index (χ1) is 14.8. The monoisotopic (exact) mass is 477 g/mol. The molecule has 0 unspecified atom stereocenters. The third kappa shape index (κ3) is 7.95. The topological polar surface area (TPSA) is 79.4 Å². The smallest absolute Gasteiger partial charge is 0.269 e. The summed E-state index contributed by atoms with van der Waals surface area (Å²) >= 11 is 0. The van der Waals surface area contributed by atoms with Crippen LogP contribution in [0.5, 0.6) is 0 Å². The molecule has 0 atom stereocenters. The Morgan fingerprint density at radius 2 is 1.59 bits per heavy atom. The normalized spacial score (nSPS) is 12.4. The van der Waals surface area contributed by atoms with Crippen LogP contribution in [0.15, 0.2) is 18.2 Å². The maximum Gasteiger partial charge on any atom is 0.269 e. The molecule has 1 aromatic carbocycles. The van der Waals surface area contributed by atoms with E-state index in [1.165, 1.54) is 0 Å². The summed E-state index contributed by atoms with van der Waals surface area (Å²) < 4.78 is 13.7. The Kier molecular flexibility index (Phi) is 8.98. The van der Waals surface area contributed by atoms with Crippen LogP contribution in [0.2, 0.25) is 51.4 Å². The Bertz CT molecular complexity index is 931. The van der Waals surface area contributed by atoms with E-state index < -0.39 is 16.1 Å². The maximum absolute atomic E-state index is 11.4. The van der Waals surface area contributed by atoms with Crippen LogP contribution >= 0.6 is 0 Å². The van der Waals surface area contributed by atoms with Gasteiger partial charge in [0.2, 0.25) is 0 Å². The number of hydrogen-bond donors (Lipinski definition) is 0. The fourth-order valence-electron chi connectivity index (χ4n) is 3.36. The number of nitro benzene ring substituents is 1. The van der Waals surface area contributed by atoms with Gasteiger partial charge in [0, 0.05) is 52.8 Å². The molecule has 1 heterocycles. The lowest BCUT2D eigenvalue weighted by Crippen LogP contribution is -2.22. The lowest BCUT2D eigenvalue weighted by Gasteiger charge is -2.16. The molecule has 0 amide bonds. The number of ether oxygens (including phenoxy) is 2. The lowest BCUT2D eigenvalue weighted by molar-refractivity contribution is -0.384. The number of non-ortho nitro benzene ring substituents is 1. The highest BCUT2D eigenvalue weighted by molar-refractivity contribution is 6.76. The molecule has 0 spiro atoms. The highest BCUT2D eigenvalue weighted by Gasteiger charge is 2.20. The van der Waals surface area contributed by atoms with Gasteiger partial charge in [0.15, 0.2) is 0 Å². The van der Waals surface area contributed by atoms with Crippen LogP contribution < -0.4 is 0 Å². The van der Waals surface area contributed by atoms with Crippen molar-refractivity contribution < 1.29 is 14.4 Å². The van der Waals surface area contributed by atoms with Gasteiger partial charge in [-0.05, 0) is 43.1 Å². The van der Waals surface area contributed by atoms with Crippen molar-refractivity contribution >= 4 is 21.8 Å². The van der Waals surface area contributed by atoms with Crippen LogP contribution in [-0.2, 0) is 22.8 Å². The van der Waals surface area contributed by atoms with E-state index in [0.29, 0.717) is 19.9 Å². The van der Waals surface area contributed by atoms with Gasteiger partial charge in [-0.2, -0.15) is 5.10 Å². The Labute approximate surface area is 194 Å². The van der Waals surface area contributed by atoms with Crippen LogP contribution in [-0.4, -0.2) is 44.1 Å². The second-order valence-corrected chi connectivity index (χ2v) is 22.1. The van der Waals surface area contributed by atoms with Crippen molar-refractivity contribution in [1.82, 2.24) is 9.78 Å². The summed E-state index contributed by atoms with van der Waals surface area (Å²) in [5.41, 5.74) is 4.71. The van der Waals surface area contributed by atoms with Gasteiger partial charge >= 0.3 is 0 Å². The van der Waals surface area contributed by atoms with Crippen molar-refractivity contribution in [2.24, 2.45) is 0 Å². The van der Waals surface area contributed by atoms with Crippen LogP contribution in [0, 0.1) is 24.0 Å². The van der Waals surface area contributed by atoms with E-state index in [4.69, 9.17) is 9.47 Å². The highest BCUT2D eigenvalue weighted by atomic mass is 28.3. The summed E-state index contributed by atoms with van der Waals surface area (Å²) in [7, 11) is -2.34. The highest BCUT2D eigenvalue weighted by Crippen LogP contribution is 2.33. The minimum atomic E-state index is -1.20. The average Bonchev–Trinajstić information content (AvgIpc) is 2.94. The molecule has 1 aromatic heterocycles. The van der Waals surface area contributed by atoms with Gasteiger partial charge in [-0.1, -0.05) is 39.3 Å². The first kappa shape index (κ1) is 26.4. The fraction of sp³-hybridized carbons (Fsp3) is 0.609. The molecule has 0 bridgehead atoms. The summed E-state index contributed by atoms with van der Waals surface area (Å²) in [6.07, 6.45) is 0. The quantitative estimate of drug-likeness (QED) is 0.156. The number of nitro groups is 1. The summed E-state index contributed by atoms with van der Waals surface area (Å²) in [5.74, 6) is 0. The van der Waals surface area contributed by atoms with E-state index in [1.807, 2.05) is 24.6 Å². The molecule has 0 saturated heterocycles. The van der Waals surface area contributed by atoms with Crippen LogP contribution in [0.3, 0.4) is 0 Å². The zero-order chi connectivity index (χ0) is 24.1. The molecule has 0 saturated carbocycles. The van der Waals surface area contributed by atoms with Gasteiger partial charge in [-0.15, -0.1) is 0 Å². The Balaban J connectivity index is 2.25. The molecule has 0 fully saturated rings. The van der Waals surface area contributed by atoms with Crippen molar-refractivity contribution in [2.75, 3.05) is 13.2 Å². The van der Waals surface area contributed by atoms with Crippen molar-refractivity contribution in [3.05, 3.63) is 45.3 Å². The molecule has 9 heteroatoms. The van der Waals surface area contributed by atoms with Crippen molar-refractivity contribution in [2.45, 2.75) is 78.6 Å². The first-order valence-corrected chi connectivity index (χ1v) is 18.7. The Morgan fingerprint density at radius 1 is 1.00 bits per heavy atom. The van der Waals surface area contributed by atoms with E-state index in [-0.39, 0.29) is 10.6 Å². The minimum Gasteiger partial charge on any atom is -0.377 e. The number of hydrogen-bond acceptors (Lipinski definition) is 5. The van der Waals surface area contributed by atoms with E-state index in [1.54, 1.807) is 12.1 Å². The van der Waals surface area contributed by atoms with Gasteiger partial charge < -0.3 is 9.47 Å². The molecule has 2 rings (SSSR count). The molecule has 0 aliphatic rings. The summed E-state index contributed by atoms with van der Waals surface area (Å²) in [6, 6.07) is 7.18.